The van der Waals surface area contributed by atoms with Crippen LogP contribution >= 0.6 is 0 Å². The van der Waals surface area contributed by atoms with Gasteiger partial charge in [-0.3, -0.25) is 0 Å². The molecule has 4 atom stereocenters. The van der Waals surface area contributed by atoms with Gasteiger partial charge in [-0.05, 0) is 13.8 Å². The van der Waals surface area contributed by atoms with E-state index in [1.165, 1.54) is 0 Å². The molecule has 6 nitrogen and oxygen atoms in total. The van der Waals surface area contributed by atoms with Crippen LogP contribution in [0.3, 0.4) is 0 Å². The van der Waals surface area contributed by atoms with Gasteiger partial charge < -0.3 is 24.8 Å². The lowest BCUT2D eigenvalue weighted by Crippen LogP contribution is -2.55. The number of hydrogen-bond donors (Lipinski definition) is 3. The van der Waals surface area contributed by atoms with Crippen molar-refractivity contribution in [3.63, 3.8) is 0 Å². The van der Waals surface area contributed by atoms with Gasteiger partial charge >= 0.3 is 5.97 Å². The highest BCUT2D eigenvalue weighted by atomic mass is 16.8. The van der Waals surface area contributed by atoms with Crippen molar-refractivity contribution < 1.29 is 29.6 Å². The topological polar surface area (TPSA) is 96.2 Å². The van der Waals surface area contributed by atoms with Gasteiger partial charge in [0.2, 0.25) is 0 Å². The molecule has 1 saturated carbocycles. The van der Waals surface area contributed by atoms with Crippen LogP contribution < -0.4 is 0 Å². The zero-order chi connectivity index (χ0) is 12.1. The minimum Gasteiger partial charge on any atom is -0.479 e. The van der Waals surface area contributed by atoms with Gasteiger partial charge in [0.1, 0.15) is 6.10 Å². The van der Waals surface area contributed by atoms with Crippen molar-refractivity contribution in [3.8, 4) is 0 Å². The van der Waals surface area contributed by atoms with Crippen LogP contribution in [-0.4, -0.2) is 51.0 Å². The van der Waals surface area contributed by atoms with Gasteiger partial charge in [0, 0.05) is 12.8 Å². The molecule has 1 saturated heterocycles. The van der Waals surface area contributed by atoms with E-state index in [-0.39, 0.29) is 12.8 Å². The molecule has 16 heavy (non-hydrogen) atoms. The number of rotatable bonds is 1. The molecule has 2 aliphatic rings. The van der Waals surface area contributed by atoms with E-state index in [1.807, 2.05) is 0 Å². The maximum Gasteiger partial charge on any atom is 0.335 e. The van der Waals surface area contributed by atoms with Gasteiger partial charge in [-0.25, -0.2) is 4.79 Å². The number of fused-ring (bicyclic) bond motifs is 1. The predicted molar refractivity (Wildman–Crippen MR) is 51.7 cm³/mol. The van der Waals surface area contributed by atoms with E-state index < -0.39 is 35.7 Å². The minimum atomic E-state index is -1.93. The summed E-state index contributed by atoms with van der Waals surface area (Å²) in [5, 5.41) is 28.5. The molecule has 1 heterocycles. The fourth-order valence-electron chi connectivity index (χ4n) is 2.40. The normalized spacial score (nSPS) is 46.4. The van der Waals surface area contributed by atoms with Gasteiger partial charge in [-0.2, -0.15) is 0 Å². The van der Waals surface area contributed by atoms with Gasteiger partial charge in [-0.1, -0.05) is 0 Å². The quantitative estimate of drug-likeness (QED) is 0.563. The molecule has 2 fully saturated rings. The van der Waals surface area contributed by atoms with Gasteiger partial charge in [0.15, 0.2) is 11.4 Å². The minimum absolute atomic E-state index is 0.0620. The van der Waals surface area contributed by atoms with Gasteiger partial charge in [-0.15, -0.1) is 0 Å². The molecule has 0 bridgehead atoms. The third kappa shape index (κ3) is 1.82. The second-order valence-corrected chi connectivity index (χ2v) is 4.95. The average Bonchev–Trinajstić information content (AvgIpc) is 2.39. The summed E-state index contributed by atoms with van der Waals surface area (Å²) in [6, 6.07) is 0. The lowest BCUT2D eigenvalue weighted by Gasteiger charge is -2.36. The van der Waals surface area contributed by atoms with Crippen molar-refractivity contribution in [2.45, 2.75) is 56.4 Å². The number of carbonyl (C=O) groups is 1. The van der Waals surface area contributed by atoms with Crippen LogP contribution in [0.15, 0.2) is 0 Å². The lowest BCUT2D eigenvalue weighted by atomic mass is 9.80. The Morgan fingerprint density at radius 1 is 1.31 bits per heavy atom. The zero-order valence-electron chi connectivity index (χ0n) is 9.21. The summed E-state index contributed by atoms with van der Waals surface area (Å²) in [5.41, 5.74) is -1.93. The summed E-state index contributed by atoms with van der Waals surface area (Å²) < 4.78 is 10.9. The van der Waals surface area contributed by atoms with E-state index in [2.05, 4.69) is 0 Å². The summed E-state index contributed by atoms with van der Waals surface area (Å²) in [6.45, 7) is 3.38. The first-order chi connectivity index (χ1) is 7.23. The number of carboxylic acid groups (broad SMARTS) is 1. The standard InChI is InChI=1S/C10H16O6/c1-9(2)15-6-4-10(14,8(12)13)3-5(11)7(6)16-9/h5-7,11,14H,3-4H2,1-2H3,(H,12,13)/t5-,6-,7+,10-/m1/s1. The second kappa shape index (κ2) is 3.40. The lowest BCUT2D eigenvalue weighted by molar-refractivity contribution is -0.175. The smallest absolute Gasteiger partial charge is 0.335 e. The highest BCUT2D eigenvalue weighted by Gasteiger charge is 2.55. The molecule has 92 valence electrons. The summed E-state index contributed by atoms with van der Waals surface area (Å²) in [7, 11) is 0. The van der Waals surface area contributed by atoms with Gasteiger partial charge in [0.05, 0.1) is 12.2 Å². The van der Waals surface area contributed by atoms with Crippen LogP contribution in [0.5, 0.6) is 0 Å². The third-order valence-corrected chi connectivity index (χ3v) is 3.08. The largest absolute Gasteiger partial charge is 0.479 e. The van der Waals surface area contributed by atoms with Crippen molar-refractivity contribution in [2.24, 2.45) is 0 Å². The number of ether oxygens (including phenoxy) is 2. The van der Waals surface area contributed by atoms with Crippen LogP contribution in [0.25, 0.3) is 0 Å². The highest BCUT2D eigenvalue weighted by Crippen LogP contribution is 2.40. The van der Waals surface area contributed by atoms with Crippen molar-refractivity contribution in [2.75, 3.05) is 0 Å². The van der Waals surface area contributed by atoms with Crippen LogP contribution in [0, 0.1) is 0 Å². The monoisotopic (exact) mass is 232 g/mol. The average molecular weight is 232 g/mol. The Morgan fingerprint density at radius 3 is 2.50 bits per heavy atom. The van der Waals surface area contributed by atoms with E-state index in [0.29, 0.717) is 0 Å². The van der Waals surface area contributed by atoms with Crippen LogP contribution in [0.1, 0.15) is 26.7 Å². The summed E-state index contributed by atoms with van der Waals surface area (Å²) in [5.74, 6) is -2.18. The predicted octanol–water partition coefficient (Wildman–Crippen LogP) is -0.523. The van der Waals surface area contributed by atoms with E-state index >= 15 is 0 Å². The summed E-state index contributed by atoms with van der Waals surface area (Å²) in [4.78, 5) is 10.9. The molecule has 1 aliphatic carbocycles. The fourth-order valence-corrected chi connectivity index (χ4v) is 2.40. The molecule has 2 rings (SSSR count). The molecular formula is C10H16O6. The molecule has 1 aliphatic heterocycles. The number of aliphatic hydroxyl groups is 2. The molecule has 0 aromatic carbocycles. The van der Waals surface area contributed by atoms with Crippen LogP contribution in [-0.2, 0) is 14.3 Å². The molecule has 0 aromatic heterocycles. The summed E-state index contributed by atoms with van der Waals surface area (Å²) in [6.07, 6.45) is -2.47. The maximum atomic E-state index is 10.9. The van der Waals surface area contributed by atoms with Crippen LogP contribution in [0.4, 0.5) is 0 Å². The molecule has 0 aromatic rings. The molecule has 0 radical (unpaired) electrons. The SMILES string of the molecule is CC1(C)O[C@H]2[C@H](O)C[C@](O)(C(=O)O)C[C@H]2O1. The molecule has 3 N–H and O–H groups in total. The fraction of sp³-hybridized carbons (Fsp3) is 0.900. The first-order valence-corrected chi connectivity index (χ1v) is 5.23. The Hall–Kier alpha value is -0.690. The van der Waals surface area contributed by atoms with Crippen molar-refractivity contribution in [1.82, 2.24) is 0 Å². The molecule has 0 amide bonds. The Morgan fingerprint density at radius 2 is 1.94 bits per heavy atom. The highest BCUT2D eigenvalue weighted by molar-refractivity contribution is 5.77. The second-order valence-electron chi connectivity index (χ2n) is 4.95. The van der Waals surface area contributed by atoms with E-state index in [4.69, 9.17) is 14.6 Å². The summed E-state index contributed by atoms with van der Waals surface area (Å²) >= 11 is 0. The van der Waals surface area contributed by atoms with Crippen molar-refractivity contribution in [3.05, 3.63) is 0 Å². The first kappa shape index (κ1) is 11.8. The third-order valence-electron chi connectivity index (χ3n) is 3.08. The van der Waals surface area contributed by atoms with E-state index in [0.717, 1.165) is 0 Å². The van der Waals surface area contributed by atoms with Crippen LogP contribution in [0.2, 0.25) is 0 Å². The van der Waals surface area contributed by atoms with Gasteiger partial charge in [0.25, 0.3) is 0 Å². The molecular weight excluding hydrogens is 216 g/mol. The van der Waals surface area contributed by atoms with E-state index in [1.54, 1.807) is 13.8 Å². The molecule has 0 unspecified atom stereocenters. The number of aliphatic hydroxyl groups excluding tert-OH is 1. The zero-order valence-corrected chi connectivity index (χ0v) is 9.21. The molecule has 0 spiro atoms. The Labute approximate surface area is 92.8 Å². The Kier molecular flexibility index (Phi) is 2.50. The van der Waals surface area contributed by atoms with Crippen molar-refractivity contribution in [1.29, 1.82) is 0 Å². The first-order valence-electron chi connectivity index (χ1n) is 5.23. The maximum absolute atomic E-state index is 10.9. The van der Waals surface area contributed by atoms with E-state index in [9.17, 15) is 15.0 Å². The Bertz CT molecular complexity index is 314. The Balaban J connectivity index is 2.19. The number of carboxylic acids is 1. The molecule has 6 heteroatoms. The van der Waals surface area contributed by atoms with Crippen molar-refractivity contribution >= 4 is 5.97 Å². The number of hydrogen-bond acceptors (Lipinski definition) is 5. The number of aliphatic carboxylic acids is 1.